The molecule has 0 aromatic heterocycles. The highest BCUT2D eigenvalue weighted by Gasteiger charge is 2.35. The molecule has 0 N–H and O–H groups in total. The van der Waals surface area contributed by atoms with E-state index < -0.39 is 0 Å². The average Bonchev–Trinajstić information content (AvgIpc) is 3.03. The fourth-order valence-corrected chi connectivity index (χ4v) is 4.04. The van der Waals surface area contributed by atoms with Gasteiger partial charge in [-0.25, -0.2) is 0 Å². The van der Waals surface area contributed by atoms with Crippen molar-refractivity contribution in [3.05, 3.63) is 75.9 Å². The Bertz CT molecular complexity index is 1050. The number of aldehydes is 1. The number of benzene rings is 2. The van der Waals surface area contributed by atoms with Gasteiger partial charge in [0.1, 0.15) is 12.0 Å². The summed E-state index contributed by atoms with van der Waals surface area (Å²) >= 11 is 7.63. The number of aliphatic imine (C=N–C) groups is 1. The van der Waals surface area contributed by atoms with E-state index in [0.717, 1.165) is 23.2 Å². The van der Waals surface area contributed by atoms with E-state index in [1.54, 1.807) is 29.2 Å². The van der Waals surface area contributed by atoms with Crippen molar-refractivity contribution in [1.29, 1.82) is 0 Å². The summed E-state index contributed by atoms with van der Waals surface area (Å²) in [4.78, 5) is 30.4. The van der Waals surface area contributed by atoms with Crippen LogP contribution in [0, 0.1) is 6.92 Å². The summed E-state index contributed by atoms with van der Waals surface area (Å²) in [6, 6.07) is 13.0. The SMILES string of the molecule is CCCN=C1S/C(=C\c2ccc(O/C=C\C=O)c(Cl)c2)C(=O)N1c1ccccc1C. The quantitative estimate of drug-likeness (QED) is 0.318. The Morgan fingerprint density at radius 1 is 1.23 bits per heavy atom. The molecule has 7 heteroatoms. The number of aryl methyl sites for hydroxylation is 1. The lowest BCUT2D eigenvalue weighted by atomic mass is 10.1. The first kappa shape index (κ1) is 21.9. The lowest BCUT2D eigenvalue weighted by Gasteiger charge is -2.17. The van der Waals surface area contributed by atoms with Crippen molar-refractivity contribution in [2.24, 2.45) is 4.99 Å². The van der Waals surface area contributed by atoms with Crippen LogP contribution in [0.3, 0.4) is 0 Å². The van der Waals surface area contributed by atoms with Gasteiger partial charge in [-0.05, 0) is 60.5 Å². The summed E-state index contributed by atoms with van der Waals surface area (Å²) in [6.07, 6.45) is 5.81. The van der Waals surface area contributed by atoms with Crippen LogP contribution in [0.25, 0.3) is 6.08 Å². The van der Waals surface area contributed by atoms with Crippen LogP contribution in [-0.4, -0.2) is 23.9 Å². The Kier molecular flexibility index (Phi) is 7.49. The van der Waals surface area contributed by atoms with Gasteiger partial charge in [-0.1, -0.05) is 42.8 Å². The molecule has 1 aliphatic heterocycles. The second-order valence-electron chi connectivity index (χ2n) is 6.47. The molecule has 0 atom stereocenters. The predicted octanol–water partition coefficient (Wildman–Crippen LogP) is 5.63. The van der Waals surface area contributed by atoms with E-state index in [1.165, 1.54) is 24.1 Å². The smallest absolute Gasteiger partial charge is 0.271 e. The van der Waals surface area contributed by atoms with Crippen molar-refractivity contribution < 1.29 is 14.3 Å². The number of hydrogen-bond acceptors (Lipinski definition) is 5. The number of halogens is 1. The van der Waals surface area contributed by atoms with Gasteiger partial charge in [-0.15, -0.1) is 0 Å². The van der Waals surface area contributed by atoms with Gasteiger partial charge in [-0.2, -0.15) is 0 Å². The number of thioether (sulfide) groups is 1. The van der Waals surface area contributed by atoms with Crippen molar-refractivity contribution in [3.63, 3.8) is 0 Å². The number of para-hydroxylation sites is 1. The molecular weight excluding hydrogens is 420 g/mol. The molecule has 2 aromatic carbocycles. The van der Waals surface area contributed by atoms with Crippen molar-refractivity contribution in [3.8, 4) is 5.75 Å². The van der Waals surface area contributed by atoms with Crippen LogP contribution in [-0.2, 0) is 9.59 Å². The Labute approximate surface area is 185 Å². The first-order valence-electron chi connectivity index (χ1n) is 9.45. The third-order valence-electron chi connectivity index (χ3n) is 4.24. The van der Waals surface area contributed by atoms with Gasteiger partial charge in [0.25, 0.3) is 5.91 Å². The first-order chi connectivity index (χ1) is 14.5. The molecule has 1 heterocycles. The van der Waals surface area contributed by atoms with Crippen molar-refractivity contribution in [1.82, 2.24) is 0 Å². The van der Waals surface area contributed by atoms with Crippen LogP contribution >= 0.6 is 23.4 Å². The number of amides is 1. The number of allylic oxidation sites excluding steroid dienone is 1. The Hall–Kier alpha value is -2.83. The molecule has 5 nitrogen and oxygen atoms in total. The van der Waals surface area contributed by atoms with Gasteiger partial charge < -0.3 is 4.74 Å². The molecular formula is C23H21ClN2O3S. The maximum atomic E-state index is 13.2. The molecule has 1 fully saturated rings. The van der Waals surface area contributed by atoms with E-state index in [2.05, 4.69) is 11.9 Å². The lowest BCUT2D eigenvalue weighted by molar-refractivity contribution is -0.113. The molecule has 0 bridgehead atoms. The minimum atomic E-state index is -0.116. The van der Waals surface area contributed by atoms with Crippen LogP contribution in [0.4, 0.5) is 5.69 Å². The zero-order chi connectivity index (χ0) is 21.5. The normalized spacial score (nSPS) is 16.8. The summed E-state index contributed by atoms with van der Waals surface area (Å²) in [6.45, 7) is 4.68. The van der Waals surface area contributed by atoms with Gasteiger partial charge in [0.2, 0.25) is 0 Å². The molecule has 1 aliphatic rings. The Balaban J connectivity index is 1.92. The van der Waals surface area contributed by atoms with Crippen LogP contribution in [0.5, 0.6) is 5.75 Å². The third-order valence-corrected chi connectivity index (χ3v) is 5.54. The molecule has 0 unspecified atom stereocenters. The monoisotopic (exact) mass is 440 g/mol. The molecule has 0 spiro atoms. The number of nitrogens with zero attached hydrogens (tertiary/aromatic N) is 2. The summed E-state index contributed by atoms with van der Waals surface area (Å²) in [7, 11) is 0. The molecule has 0 aliphatic carbocycles. The van der Waals surface area contributed by atoms with E-state index in [9.17, 15) is 9.59 Å². The van der Waals surface area contributed by atoms with Crippen molar-refractivity contribution in [2.75, 3.05) is 11.4 Å². The summed E-state index contributed by atoms with van der Waals surface area (Å²) in [5, 5.41) is 1.05. The van der Waals surface area contributed by atoms with Gasteiger partial charge in [0, 0.05) is 12.6 Å². The van der Waals surface area contributed by atoms with Crippen LogP contribution in [0.2, 0.25) is 5.02 Å². The molecule has 2 aromatic rings. The molecule has 1 amide bonds. The zero-order valence-corrected chi connectivity index (χ0v) is 18.2. The summed E-state index contributed by atoms with van der Waals surface area (Å²) < 4.78 is 5.31. The maximum absolute atomic E-state index is 13.2. The summed E-state index contributed by atoms with van der Waals surface area (Å²) in [5.41, 5.74) is 2.60. The fraction of sp³-hybridized carbons (Fsp3) is 0.174. The van der Waals surface area contributed by atoms with Gasteiger partial charge >= 0.3 is 0 Å². The fourth-order valence-electron chi connectivity index (χ4n) is 2.81. The number of hydrogen-bond donors (Lipinski definition) is 0. The van der Waals surface area contributed by atoms with E-state index in [1.807, 2.05) is 31.2 Å². The van der Waals surface area contributed by atoms with Gasteiger partial charge in [-0.3, -0.25) is 19.5 Å². The molecule has 154 valence electrons. The van der Waals surface area contributed by atoms with Crippen LogP contribution in [0.15, 0.2) is 64.7 Å². The van der Waals surface area contributed by atoms with E-state index in [0.29, 0.717) is 33.7 Å². The molecule has 1 saturated heterocycles. The number of rotatable bonds is 7. The van der Waals surface area contributed by atoms with Crippen LogP contribution < -0.4 is 9.64 Å². The number of ether oxygens (including phenoxy) is 1. The van der Waals surface area contributed by atoms with Crippen LogP contribution in [0.1, 0.15) is 24.5 Å². The number of carbonyl (C=O) groups excluding carboxylic acids is 2. The molecule has 0 radical (unpaired) electrons. The third kappa shape index (κ3) is 5.01. The number of amidine groups is 1. The van der Waals surface area contributed by atoms with Gasteiger partial charge in [0.05, 0.1) is 21.9 Å². The number of carbonyl (C=O) groups is 2. The van der Waals surface area contributed by atoms with Crippen molar-refractivity contribution in [2.45, 2.75) is 20.3 Å². The average molecular weight is 441 g/mol. The molecule has 30 heavy (non-hydrogen) atoms. The van der Waals surface area contributed by atoms with E-state index in [4.69, 9.17) is 16.3 Å². The topological polar surface area (TPSA) is 59.0 Å². The second-order valence-corrected chi connectivity index (χ2v) is 7.89. The van der Waals surface area contributed by atoms with Crippen molar-refractivity contribution >= 4 is 52.5 Å². The lowest BCUT2D eigenvalue weighted by Crippen LogP contribution is -2.29. The first-order valence-corrected chi connectivity index (χ1v) is 10.6. The standard InChI is InChI=1S/C23H21ClN2O3S/c1-3-11-25-23-26(19-8-5-4-7-16(19)2)22(28)21(30-23)15-17-9-10-20(18(24)14-17)29-13-6-12-27/h4-10,12-15H,3,11H2,1-2H3/b13-6-,21-15-,25-23?. The highest BCUT2D eigenvalue weighted by Crippen LogP contribution is 2.38. The highest BCUT2D eigenvalue weighted by molar-refractivity contribution is 8.19. The highest BCUT2D eigenvalue weighted by atomic mass is 35.5. The maximum Gasteiger partial charge on any atom is 0.271 e. The largest absolute Gasteiger partial charge is 0.463 e. The predicted molar refractivity (Wildman–Crippen MR) is 124 cm³/mol. The van der Waals surface area contributed by atoms with Gasteiger partial charge in [0.15, 0.2) is 5.17 Å². The zero-order valence-electron chi connectivity index (χ0n) is 16.7. The number of anilines is 1. The minimum Gasteiger partial charge on any atom is -0.463 e. The molecule has 0 saturated carbocycles. The van der Waals surface area contributed by atoms with E-state index >= 15 is 0 Å². The summed E-state index contributed by atoms with van der Waals surface area (Å²) in [5.74, 6) is 0.309. The Morgan fingerprint density at radius 2 is 2.03 bits per heavy atom. The second kappa shape index (κ2) is 10.3. The minimum absolute atomic E-state index is 0.116. The molecule has 3 rings (SSSR count). The van der Waals surface area contributed by atoms with E-state index in [-0.39, 0.29) is 5.91 Å². The Morgan fingerprint density at radius 3 is 2.73 bits per heavy atom.